The van der Waals surface area contributed by atoms with Crippen molar-refractivity contribution in [3.05, 3.63) is 14.9 Å². The van der Waals surface area contributed by atoms with Gasteiger partial charge in [0.15, 0.2) is 6.29 Å². The number of nitrogens with one attached hydrogen (secondary N) is 1. The van der Waals surface area contributed by atoms with Crippen LogP contribution in [0.5, 0.6) is 0 Å². The molecule has 0 aromatic carbocycles. The second kappa shape index (κ2) is 6.46. The van der Waals surface area contributed by atoms with Crippen molar-refractivity contribution in [2.75, 3.05) is 20.8 Å². The van der Waals surface area contributed by atoms with Crippen molar-refractivity contribution in [1.82, 2.24) is 4.72 Å². The first kappa shape index (κ1) is 15.4. The summed E-state index contributed by atoms with van der Waals surface area (Å²) in [6, 6.07) is 1.38. The van der Waals surface area contributed by atoms with Gasteiger partial charge in [-0.3, -0.25) is 0 Å². The first-order valence-electron chi connectivity index (χ1n) is 4.40. The van der Waals surface area contributed by atoms with Crippen LogP contribution >= 0.6 is 38.9 Å². The number of methoxy groups -OCH3 is 2. The Morgan fingerprint density at radius 3 is 2.53 bits per heavy atom. The number of hydrogen-bond donors (Lipinski definition) is 1. The van der Waals surface area contributed by atoms with Crippen LogP contribution < -0.4 is 4.72 Å². The van der Waals surface area contributed by atoms with Crippen molar-refractivity contribution in [3.8, 4) is 0 Å². The molecule has 0 fully saturated rings. The Hall–Kier alpha value is 0.300. The van der Waals surface area contributed by atoms with Gasteiger partial charge in [0.25, 0.3) is 0 Å². The molecule has 9 heteroatoms. The van der Waals surface area contributed by atoms with Gasteiger partial charge >= 0.3 is 0 Å². The lowest BCUT2D eigenvalue weighted by molar-refractivity contribution is -0.0960. The molecule has 0 aliphatic carbocycles. The summed E-state index contributed by atoms with van der Waals surface area (Å²) in [5.41, 5.74) is 0. The minimum absolute atomic E-state index is 0.0302. The topological polar surface area (TPSA) is 64.6 Å². The average Bonchev–Trinajstić information content (AvgIpc) is 2.61. The highest BCUT2D eigenvalue weighted by atomic mass is 79.9. The van der Waals surface area contributed by atoms with E-state index in [9.17, 15) is 8.42 Å². The molecule has 1 N–H and O–H groups in total. The van der Waals surface area contributed by atoms with Crippen molar-refractivity contribution < 1.29 is 17.9 Å². The van der Waals surface area contributed by atoms with E-state index in [4.69, 9.17) is 21.1 Å². The summed E-state index contributed by atoms with van der Waals surface area (Å²) in [6.45, 7) is 0.0302. The summed E-state index contributed by atoms with van der Waals surface area (Å²) in [5.74, 6) is 0. The number of hydrogen-bond acceptors (Lipinski definition) is 5. The van der Waals surface area contributed by atoms with Crippen LogP contribution in [0.2, 0.25) is 5.02 Å². The standard InChI is InChI=1S/C8H11BrClNO4S2/c1-14-6(15-2)4-11-17(12,13)7-3-5(10)8(9)16-7/h3,6,11H,4H2,1-2H3. The molecule has 0 spiro atoms. The van der Waals surface area contributed by atoms with E-state index in [2.05, 4.69) is 20.7 Å². The summed E-state index contributed by atoms with van der Waals surface area (Å²) >= 11 is 9.98. The summed E-state index contributed by atoms with van der Waals surface area (Å²) in [7, 11) is -0.720. The van der Waals surface area contributed by atoms with Crippen LogP contribution in [0.1, 0.15) is 0 Å². The van der Waals surface area contributed by atoms with Crippen molar-refractivity contribution >= 4 is 48.9 Å². The fourth-order valence-electron chi connectivity index (χ4n) is 0.971. The number of halogens is 2. The van der Waals surface area contributed by atoms with Crippen LogP contribution in [0.25, 0.3) is 0 Å². The maximum absolute atomic E-state index is 11.8. The second-order valence-corrected chi connectivity index (χ2v) is 7.71. The Balaban J connectivity index is 2.75. The van der Waals surface area contributed by atoms with Gasteiger partial charge in [0.2, 0.25) is 10.0 Å². The van der Waals surface area contributed by atoms with E-state index in [1.807, 2.05) is 0 Å². The van der Waals surface area contributed by atoms with E-state index in [-0.39, 0.29) is 10.8 Å². The zero-order chi connectivity index (χ0) is 13.1. The fraction of sp³-hybridized carbons (Fsp3) is 0.500. The molecule has 0 saturated heterocycles. The molecule has 1 heterocycles. The minimum atomic E-state index is -3.58. The van der Waals surface area contributed by atoms with Gasteiger partial charge in [-0.25, -0.2) is 13.1 Å². The Labute approximate surface area is 117 Å². The van der Waals surface area contributed by atoms with Crippen molar-refractivity contribution in [2.24, 2.45) is 0 Å². The molecule has 1 aromatic rings. The lowest BCUT2D eigenvalue weighted by atomic mass is 10.6. The molecule has 0 saturated carbocycles. The van der Waals surface area contributed by atoms with Gasteiger partial charge in [0, 0.05) is 14.2 Å². The van der Waals surface area contributed by atoms with Gasteiger partial charge < -0.3 is 9.47 Å². The number of sulfonamides is 1. The highest BCUT2D eigenvalue weighted by Crippen LogP contribution is 2.34. The van der Waals surface area contributed by atoms with Gasteiger partial charge in [0.1, 0.15) is 4.21 Å². The summed E-state index contributed by atoms with van der Waals surface area (Å²) < 4.78 is 36.5. The predicted molar refractivity (Wildman–Crippen MR) is 70.0 cm³/mol. The van der Waals surface area contributed by atoms with Gasteiger partial charge in [-0.2, -0.15) is 0 Å². The lowest BCUT2D eigenvalue weighted by Gasteiger charge is -2.13. The van der Waals surface area contributed by atoms with E-state index in [1.165, 1.54) is 20.3 Å². The fourth-order valence-corrected chi connectivity index (χ4v) is 4.43. The van der Waals surface area contributed by atoms with Crippen molar-refractivity contribution in [1.29, 1.82) is 0 Å². The summed E-state index contributed by atoms with van der Waals surface area (Å²) in [6.07, 6.45) is -0.622. The van der Waals surface area contributed by atoms with Gasteiger partial charge in [-0.15, -0.1) is 11.3 Å². The highest BCUT2D eigenvalue weighted by molar-refractivity contribution is 9.11. The molecule has 5 nitrogen and oxygen atoms in total. The number of thiophene rings is 1. The van der Waals surface area contributed by atoms with Crippen LogP contribution in [0.3, 0.4) is 0 Å². The number of ether oxygens (including phenoxy) is 2. The predicted octanol–water partition coefficient (Wildman–Crippen LogP) is 2.06. The third-order valence-electron chi connectivity index (χ3n) is 1.85. The molecule has 0 aliphatic heterocycles. The molecule has 98 valence electrons. The first-order valence-corrected chi connectivity index (χ1v) is 7.88. The Bertz CT molecular complexity index is 452. The average molecular weight is 365 g/mol. The Kier molecular flexibility index (Phi) is 5.84. The van der Waals surface area contributed by atoms with Crippen LogP contribution in [0.15, 0.2) is 14.1 Å². The maximum Gasteiger partial charge on any atom is 0.250 e. The van der Waals surface area contributed by atoms with Gasteiger partial charge in [-0.1, -0.05) is 11.6 Å². The molecule has 0 bridgehead atoms. The van der Waals surface area contributed by atoms with E-state index in [0.717, 1.165) is 11.3 Å². The van der Waals surface area contributed by atoms with Crippen molar-refractivity contribution in [3.63, 3.8) is 0 Å². The third-order valence-corrected chi connectivity index (χ3v) is 6.23. The zero-order valence-corrected chi connectivity index (χ0v) is 13.0. The monoisotopic (exact) mass is 363 g/mol. The zero-order valence-electron chi connectivity index (χ0n) is 9.07. The van der Waals surface area contributed by atoms with Gasteiger partial charge in [0.05, 0.1) is 15.4 Å². The Morgan fingerprint density at radius 1 is 1.53 bits per heavy atom. The van der Waals surface area contributed by atoms with Crippen molar-refractivity contribution in [2.45, 2.75) is 10.5 Å². The first-order chi connectivity index (χ1) is 7.90. The van der Waals surface area contributed by atoms with Crippen LogP contribution in [-0.2, 0) is 19.5 Å². The second-order valence-electron chi connectivity index (χ2n) is 2.94. The van der Waals surface area contributed by atoms with E-state index < -0.39 is 16.3 Å². The molecule has 1 rings (SSSR count). The normalized spacial score (nSPS) is 12.3. The SMILES string of the molecule is COC(CNS(=O)(=O)c1cc(Cl)c(Br)s1)OC. The Morgan fingerprint density at radius 2 is 2.12 bits per heavy atom. The molecule has 0 amide bonds. The lowest BCUT2D eigenvalue weighted by Crippen LogP contribution is -2.33. The molecule has 0 atom stereocenters. The van der Waals surface area contributed by atoms with E-state index >= 15 is 0 Å². The van der Waals surface area contributed by atoms with Gasteiger partial charge in [-0.05, 0) is 22.0 Å². The van der Waals surface area contributed by atoms with Crippen LogP contribution in [-0.4, -0.2) is 35.5 Å². The summed E-state index contributed by atoms with van der Waals surface area (Å²) in [4.78, 5) is 0. The molecule has 0 aliphatic rings. The molecular formula is C8H11BrClNO4S2. The highest BCUT2D eigenvalue weighted by Gasteiger charge is 2.20. The smallest absolute Gasteiger partial charge is 0.250 e. The van der Waals surface area contributed by atoms with Crippen LogP contribution in [0, 0.1) is 0 Å². The number of rotatable bonds is 6. The summed E-state index contributed by atoms with van der Waals surface area (Å²) in [5, 5.41) is 0.366. The quantitative estimate of drug-likeness (QED) is 0.785. The minimum Gasteiger partial charge on any atom is -0.355 e. The molecule has 0 unspecified atom stereocenters. The molecule has 0 radical (unpaired) electrons. The maximum atomic E-state index is 11.8. The third kappa shape index (κ3) is 4.16. The molecule has 17 heavy (non-hydrogen) atoms. The largest absolute Gasteiger partial charge is 0.355 e. The van der Waals surface area contributed by atoms with Crippen LogP contribution in [0.4, 0.5) is 0 Å². The molecular weight excluding hydrogens is 354 g/mol. The van der Waals surface area contributed by atoms with E-state index in [0.29, 0.717) is 8.81 Å². The molecule has 1 aromatic heterocycles. The van der Waals surface area contributed by atoms with E-state index in [1.54, 1.807) is 0 Å².